The molecule has 1 amide bonds. The summed E-state index contributed by atoms with van der Waals surface area (Å²) >= 11 is 0. The summed E-state index contributed by atoms with van der Waals surface area (Å²) in [7, 11) is -3.35. The van der Waals surface area contributed by atoms with Crippen molar-refractivity contribution in [1.82, 2.24) is 14.9 Å². The van der Waals surface area contributed by atoms with E-state index >= 15 is 0 Å². The average Bonchev–Trinajstić information content (AvgIpc) is 3.25. The predicted molar refractivity (Wildman–Crippen MR) is 129 cm³/mol. The van der Waals surface area contributed by atoms with Gasteiger partial charge in [-0.25, -0.2) is 23.2 Å². The van der Waals surface area contributed by atoms with Gasteiger partial charge >= 0.3 is 12.3 Å². The molecule has 0 saturated carbocycles. The van der Waals surface area contributed by atoms with Crippen LogP contribution in [0.15, 0.2) is 35.5 Å². The zero-order chi connectivity index (χ0) is 26.8. The molecule has 13 heteroatoms. The van der Waals surface area contributed by atoms with Crippen LogP contribution in [0.1, 0.15) is 32.3 Å². The molecular formula is C24H29F3N4O5S. The number of carbonyl (C=O) groups is 1. The van der Waals surface area contributed by atoms with E-state index in [1.54, 1.807) is 24.3 Å². The van der Waals surface area contributed by atoms with Gasteiger partial charge in [0.05, 0.1) is 10.6 Å². The fourth-order valence-electron chi connectivity index (χ4n) is 4.45. The number of sulfone groups is 1. The van der Waals surface area contributed by atoms with Crippen molar-refractivity contribution in [2.45, 2.75) is 50.3 Å². The van der Waals surface area contributed by atoms with E-state index in [1.165, 1.54) is 11.2 Å². The lowest BCUT2D eigenvalue weighted by Crippen LogP contribution is -2.42. The Bertz CT molecular complexity index is 1230. The molecule has 0 atom stereocenters. The summed E-state index contributed by atoms with van der Waals surface area (Å²) in [5.74, 6) is 1.07. The zero-order valence-electron chi connectivity index (χ0n) is 20.6. The lowest BCUT2D eigenvalue weighted by Gasteiger charge is -2.31. The van der Waals surface area contributed by atoms with Gasteiger partial charge in [-0.15, -0.1) is 0 Å². The number of nitrogens with zero attached hydrogens (tertiary/aromatic N) is 4. The minimum atomic E-state index is -4.56. The number of fused-ring (bicyclic) bond motifs is 1. The Morgan fingerprint density at radius 3 is 2.54 bits per heavy atom. The Morgan fingerprint density at radius 1 is 1.14 bits per heavy atom. The minimum absolute atomic E-state index is 0.0321. The molecule has 1 fully saturated rings. The molecule has 0 N–H and O–H groups in total. The Morgan fingerprint density at radius 2 is 1.86 bits per heavy atom. The number of hydrogen-bond donors (Lipinski definition) is 0. The van der Waals surface area contributed by atoms with E-state index in [9.17, 15) is 26.4 Å². The molecule has 0 aliphatic carbocycles. The standard InChI is InChI=1S/C24H29F3N4O5S/c1-16(2)13-37(33,34)19-3-4-20-17(11-19)5-10-31(20)21-12-22(29-15-28-21)36-18-6-8-30(9-7-18)23(32)35-14-24(25,26)27/h3-4,11-12,15-16,18H,5-10,13-14H2,1-2H3. The summed E-state index contributed by atoms with van der Waals surface area (Å²) in [5, 5.41) is 0. The number of aromatic nitrogens is 2. The third-order valence-corrected chi connectivity index (χ3v) is 8.19. The highest BCUT2D eigenvalue weighted by Gasteiger charge is 2.32. The lowest BCUT2D eigenvalue weighted by atomic mass is 10.1. The molecule has 0 spiro atoms. The summed E-state index contributed by atoms with van der Waals surface area (Å²) in [6.45, 7) is 3.18. The molecule has 3 heterocycles. The van der Waals surface area contributed by atoms with Crippen molar-refractivity contribution in [2.75, 3.05) is 36.9 Å². The summed E-state index contributed by atoms with van der Waals surface area (Å²) in [6.07, 6.45) is -2.94. The molecule has 202 valence electrons. The Hall–Kier alpha value is -3.09. The molecule has 0 unspecified atom stereocenters. The van der Waals surface area contributed by atoms with Gasteiger partial charge in [-0.05, 0) is 36.1 Å². The van der Waals surface area contributed by atoms with Crippen LogP contribution in [0.2, 0.25) is 0 Å². The van der Waals surface area contributed by atoms with E-state index < -0.39 is 28.7 Å². The van der Waals surface area contributed by atoms with Gasteiger partial charge in [0.1, 0.15) is 18.2 Å². The number of hydrogen-bond acceptors (Lipinski definition) is 8. The van der Waals surface area contributed by atoms with Gasteiger partial charge in [-0.1, -0.05) is 13.8 Å². The Labute approximate surface area is 213 Å². The second-order valence-corrected chi connectivity index (χ2v) is 11.6. The van der Waals surface area contributed by atoms with Gasteiger partial charge in [0.15, 0.2) is 16.4 Å². The van der Waals surface area contributed by atoms with Crippen LogP contribution in [0, 0.1) is 5.92 Å². The molecule has 2 aliphatic rings. The normalized spacial score (nSPS) is 16.7. The molecule has 4 rings (SSSR count). The summed E-state index contributed by atoms with van der Waals surface area (Å²) in [6, 6.07) is 6.86. The van der Waals surface area contributed by atoms with Gasteiger partial charge in [0.2, 0.25) is 5.88 Å². The van der Waals surface area contributed by atoms with Crippen molar-refractivity contribution in [3.63, 3.8) is 0 Å². The van der Waals surface area contributed by atoms with E-state index in [4.69, 9.17) is 4.74 Å². The first-order chi connectivity index (χ1) is 17.4. The second-order valence-electron chi connectivity index (χ2n) is 9.56. The van der Waals surface area contributed by atoms with Gasteiger partial charge in [0, 0.05) is 44.2 Å². The van der Waals surface area contributed by atoms with Crippen molar-refractivity contribution in [2.24, 2.45) is 5.92 Å². The smallest absolute Gasteiger partial charge is 0.422 e. The van der Waals surface area contributed by atoms with Gasteiger partial charge < -0.3 is 19.3 Å². The topological polar surface area (TPSA) is 102 Å². The fourth-order valence-corrected chi connectivity index (χ4v) is 6.12. The molecule has 2 aromatic rings. The van der Waals surface area contributed by atoms with E-state index in [-0.39, 0.29) is 30.9 Å². The maximum absolute atomic E-state index is 12.6. The quantitative estimate of drug-likeness (QED) is 0.515. The number of likely N-dealkylation sites (tertiary alicyclic amines) is 1. The van der Waals surface area contributed by atoms with Crippen LogP contribution in [0.3, 0.4) is 0 Å². The van der Waals surface area contributed by atoms with Gasteiger partial charge in [-0.2, -0.15) is 13.2 Å². The molecular weight excluding hydrogens is 513 g/mol. The first kappa shape index (κ1) is 27.0. The molecule has 2 aliphatic heterocycles. The fraction of sp³-hybridized carbons (Fsp3) is 0.542. The maximum Gasteiger partial charge on any atom is 0.422 e. The zero-order valence-corrected chi connectivity index (χ0v) is 21.4. The highest BCUT2D eigenvalue weighted by atomic mass is 32.2. The van der Waals surface area contributed by atoms with Crippen molar-refractivity contribution in [3.05, 3.63) is 36.2 Å². The number of alkyl halides is 3. The minimum Gasteiger partial charge on any atom is -0.474 e. The molecule has 1 aromatic heterocycles. The number of piperidine rings is 1. The maximum atomic E-state index is 12.6. The summed E-state index contributed by atoms with van der Waals surface area (Å²) < 4.78 is 72.3. The number of halogens is 3. The third kappa shape index (κ3) is 6.82. The van der Waals surface area contributed by atoms with E-state index in [1.807, 2.05) is 18.7 Å². The summed E-state index contributed by atoms with van der Waals surface area (Å²) in [5.41, 5.74) is 1.80. The van der Waals surface area contributed by atoms with E-state index in [2.05, 4.69) is 14.7 Å². The van der Waals surface area contributed by atoms with Gasteiger partial charge in [-0.3, -0.25) is 0 Å². The molecule has 0 bridgehead atoms. The van der Waals surface area contributed by atoms with E-state index in [0.29, 0.717) is 42.4 Å². The monoisotopic (exact) mass is 542 g/mol. The van der Waals surface area contributed by atoms with Crippen LogP contribution in [-0.4, -0.2) is 73.7 Å². The average molecular weight is 543 g/mol. The highest BCUT2D eigenvalue weighted by Crippen LogP contribution is 2.36. The Kier molecular flexibility index (Phi) is 7.81. The highest BCUT2D eigenvalue weighted by molar-refractivity contribution is 7.91. The SMILES string of the molecule is CC(C)CS(=O)(=O)c1ccc2c(c1)CCN2c1cc(OC2CCN(C(=O)OCC(F)(F)F)CC2)ncn1. The molecule has 0 radical (unpaired) electrons. The van der Waals surface area contributed by atoms with Crippen molar-refractivity contribution >= 4 is 27.4 Å². The van der Waals surface area contributed by atoms with Crippen LogP contribution in [-0.2, 0) is 21.0 Å². The largest absolute Gasteiger partial charge is 0.474 e. The first-order valence-electron chi connectivity index (χ1n) is 12.0. The van der Waals surface area contributed by atoms with Crippen LogP contribution in [0.5, 0.6) is 5.88 Å². The number of rotatable bonds is 7. The number of anilines is 2. The Balaban J connectivity index is 1.37. The van der Waals surface area contributed by atoms with Crippen LogP contribution >= 0.6 is 0 Å². The number of benzene rings is 1. The number of carbonyl (C=O) groups excluding carboxylic acids is 1. The molecule has 9 nitrogen and oxygen atoms in total. The first-order valence-corrected chi connectivity index (χ1v) is 13.7. The molecule has 1 aromatic carbocycles. The lowest BCUT2D eigenvalue weighted by molar-refractivity contribution is -0.162. The van der Waals surface area contributed by atoms with Crippen LogP contribution in [0.4, 0.5) is 29.5 Å². The number of ether oxygens (including phenoxy) is 2. The second kappa shape index (κ2) is 10.7. The van der Waals surface area contributed by atoms with Crippen molar-refractivity contribution in [3.8, 4) is 5.88 Å². The van der Waals surface area contributed by atoms with Crippen LogP contribution in [0.25, 0.3) is 0 Å². The molecule has 1 saturated heterocycles. The van der Waals surface area contributed by atoms with Crippen molar-refractivity contribution < 1.29 is 35.9 Å². The molecule has 37 heavy (non-hydrogen) atoms. The van der Waals surface area contributed by atoms with Crippen molar-refractivity contribution in [1.29, 1.82) is 0 Å². The van der Waals surface area contributed by atoms with E-state index in [0.717, 1.165) is 11.3 Å². The third-order valence-electron chi connectivity index (χ3n) is 6.11. The summed E-state index contributed by atoms with van der Waals surface area (Å²) in [4.78, 5) is 23.9. The van der Waals surface area contributed by atoms with Gasteiger partial charge in [0.25, 0.3) is 0 Å². The number of amides is 1. The van der Waals surface area contributed by atoms with Crippen LogP contribution < -0.4 is 9.64 Å². The predicted octanol–water partition coefficient (Wildman–Crippen LogP) is 4.14.